The molecular formula is C12H15Cl2N3S. The fraction of sp³-hybridized carbons (Fsp3) is 0.500. The zero-order chi connectivity index (χ0) is 13.1. The van der Waals surface area contributed by atoms with Gasteiger partial charge in [-0.1, -0.05) is 11.6 Å². The summed E-state index contributed by atoms with van der Waals surface area (Å²) in [5.74, 6) is 1.98. The van der Waals surface area contributed by atoms with Crippen molar-refractivity contribution in [2.75, 3.05) is 12.0 Å². The summed E-state index contributed by atoms with van der Waals surface area (Å²) in [6.07, 6.45) is 4.84. The SMILES string of the molecule is CSCCCn1c(C(C)Cl)nc2cc(Cl)cnc21. The van der Waals surface area contributed by atoms with Gasteiger partial charge in [0, 0.05) is 12.7 Å². The number of thioether (sulfide) groups is 1. The first-order valence-electron chi connectivity index (χ1n) is 5.78. The van der Waals surface area contributed by atoms with Crippen molar-refractivity contribution in [3.63, 3.8) is 0 Å². The second kappa shape index (κ2) is 6.13. The highest BCUT2D eigenvalue weighted by Gasteiger charge is 2.15. The van der Waals surface area contributed by atoms with Crippen LogP contribution in [0.1, 0.15) is 24.5 Å². The van der Waals surface area contributed by atoms with E-state index in [-0.39, 0.29) is 5.38 Å². The Balaban J connectivity index is 2.42. The molecule has 0 aliphatic heterocycles. The number of hydrogen-bond acceptors (Lipinski definition) is 3. The van der Waals surface area contributed by atoms with Crippen LogP contribution in [0, 0.1) is 0 Å². The summed E-state index contributed by atoms with van der Waals surface area (Å²) < 4.78 is 2.10. The Hall–Kier alpha value is -0.450. The number of pyridine rings is 1. The standard InChI is InChI=1S/C12H15Cl2N3S/c1-8(13)11-16-10-6-9(14)7-15-12(10)17(11)4-3-5-18-2/h6-8H,3-5H2,1-2H3. The van der Waals surface area contributed by atoms with Crippen molar-refractivity contribution in [3.05, 3.63) is 23.1 Å². The Morgan fingerprint density at radius 3 is 2.94 bits per heavy atom. The molecule has 0 N–H and O–H groups in total. The number of nitrogens with zero attached hydrogens (tertiary/aromatic N) is 3. The number of halogens is 2. The molecule has 0 aromatic carbocycles. The fourth-order valence-electron chi connectivity index (χ4n) is 1.90. The highest BCUT2D eigenvalue weighted by Crippen LogP contribution is 2.25. The van der Waals surface area contributed by atoms with Gasteiger partial charge >= 0.3 is 0 Å². The number of imidazole rings is 1. The topological polar surface area (TPSA) is 30.7 Å². The number of aromatic nitrogens is 3. The van der Waals surface area contributed by atoms with E-state index in [4.69, 9.17) is 23.2 Å². The van der Waals surface area contributed by atoms with Gasteiger partial charge in [0.25, 0.3) is 0 Å². The van der Waals surface area contributed by atoms with Gasteiger partial charge in [0.1, 0.15) is 11.3 Å². The molecular weight excluding hydrogens is 289 g/mol. The van der Waals surface area contributed by atoms with Gasteiger partial charge < -0.3 is 4.57 Å². The summed E-state index contributed by atoms with van der Waals surface area (Å²) in [7, 11) is 0. The van der Waals surface area contributed by atoms with Gasteiger partial charge in [-0.25, -0.2) is 9.97 Å². The number of alkyl halides is 1. The predicted molar refractivity (Wildman–Crippen MR) is 79.8 cm³/mol. The maximum absolute atomic E-state index is 6.18. The Labute approximate surface area is 121 Å². The molecule has 0 amide bonds. The van der Waals surface area contributed by atoms with E-state index in [0.29, 0.717) is 5.02 Å². The lowest BCUT2D eigenvalue weighted by Crippen LogP contribution is -2.06. The van der Waals surface area contributed by atoms with Gasteiger partial charge in [-0.3, -0.25) is 0 Å². The van der Waals surface area contributed by atoms with Crippen LogP contribution >= 0.6 is 35.0 Å². The molecule has 0 saturated carbocycles. The summed E-state index contributed by atoms with van der Waals surface area (Å²) in [5, 5.41) is 0.470. The van der Waals surface area contributed by atoms with Gasteiger partial charge in [-0.2, -0.15) is 11.8 Å². The zero-order valence-corrected chi connectivity index (χ0v) is 12.7. The van der Waals surface area contributed by atoms with Crippen LogP contribution in [0.25, 0.3) is 11.2 Å². The van der Waals surface area contributed by atoms with Gasteiger partial charge in [-0.15, -0.1) is 11.6 Å². The fourth-order valence-corrected chi connectivity index (χ4v) is 2.63. The third-order valence-corrected chi connectivity index (χ3v) is 3.77. The van der Waals surface area contributed by atoms with Crippen molar-refractivity contribution >= 4 is 46.1 Å². The lowest BCUT2D eigenvalue weighted by molar-refractivity contribution is 0.654. The van der Waals surface area contributed by atoms with E-state index in [1.54, 1.807) is 6.20 Å². The summed E-state index contributed by atoms with van der Waals surface area (Å²) >= 11 is 14.0. The molecule has 1 unspecified atom stereocenters. The third-order valence-electron chi connectivity index (χ3n) is 2.67. The first kappa shape index (κ1) is 14.0. The van der Waals surface area contributed by atoms with Crippen LogP contribution in [-0.4, -0.2) is 26.5 Å². The average molecular weight is 304 g/mol. The van der Waals surface area contributed by atoms with E-state index in [2.05, 4.69) is 20.8 Å². The molecule has 1 atom stereocenters. The molecule has 0 spiro atoms. The highest BCUT2D eigenvalue weighted by molar-refractivity contribution is 7.98. The average Bonchev–Trinajstić information content (AvgIpc) is 2.68. The maximum atomic E-state index is 6.18. The molecule has 2 aromatic heterocycles. The molecule has 2 rings (SSSR count). The van der Waals surface area contributed by atoms with E-state index in [9.17, 15) is 0 Å². The molecule has 6 heteroatoms. The van der Waals surface area contributed by atoms with Crippen LogP contribution in [0.5, 0.6) is 0 Å². The molecule has 2 heterocycles. The van der Waals surface area contributed by atoms with E-state index < -0.39 is 0 Å². The van der Waals surface area contributed by atoms with Crippen LogP contribution in [0.15, 0.2) is 12.3 Å². The van der Waals surface area contributed by atoms with Crippen molar-refractivity contribution in [1.82, 2.24) is 14.5 Å². The molecule has 0 saturated heterocycles. The second-order valence-electron chi connectivity index (χ2n) is 4.08. The van der Waals surface area contributed by atoms with Gasteiger partial charge in [0.15, 0.2) is 5.65 Å². The summed E-state index contributed by atoms with van der Waals surface area (Å²) in [6, 6.07) is 1.83. The van der Waals surface area contributed by atoms with Gasteiger partial charge in [0.2, 0.25) is 0 Å². The molecule has 3 nitrogen and oxygen atoms in total. The van der Waals surface area contributed by atoms with E-state index >= 15 is 0 Å². The quantitative estimate of drug-likeness (QED) is 0.614. The van der Waals surface area contributed by atoms with Crippen LogP contribution in [0.3, 0.4) is 0 Å². The maximum Gasteiger partial charge on any atom is 0.160 e. The zero-order valence-electron chi connectivity index (χ0n) is 10.4. The smallest absolute Gasteiger partial charge is 0.160 e. The van der Waals surface area contributed by atoms with Crippen molar-refractivity contribution in [2.24, 2.45) is 0 Å². The predicted octanol–water partition coefficient (Wildman–Crippen LogP) is 4.14. The van der Waals surface area contributed by atoms with E-state index in [1.165, 1.54) is 0 Å². The molecule has 18 heavy (non-hydrogen) atoms. The molecule has 0 aliphatic rings. The normalized spacial score (nSPS) is 13.1. The molecule has 0 aliphatic carbocycles. The van der Waals surface area contributed by atoms with Crippen molar-refractivity contribution < 1.29 is 0 Å². The second-order valence-corrected chi connectivity index (χ2v) is 6.16. The number of aryl methyl sites for hydroxylation is 1. The lowest BCUT2D eigenvalue weighted by Gasteiger charge is -2.09. The largest absolute Gasteiger partial charge is 0.311 e. The van der Waals surface area contributed by atoms with Crippen molar-refractivity contribution in [1.29, 1.82) is 0 Å². The van der Waals surface area contributed by atoms with Crippen LogP contribution < -0.4 is 0 Å². The van der Waals surface area contributed by atoms with Crippen LogP contribution in [0.4, 0.5) is 0 Å². The summed E-state index contributed by atoms with van der Waals surface area (Å²) in [4.78, 5) is 8.89. The van der Waals surface area contributed by atoms with Gasteiger partial charge in [0.05, 0.1) is 10.4 Å². The Morgan fingerprint density at radius 2 is 2.28 bits per heavy atom. The summed E-state index contributed by atoms with van der Waals surface area (Å²) in [5.41, 5.74) is 1.68. The molecule has 2 aromatic rings. The molecule has 0 radical (unpaired) electrons. The number of hydrogen-bond donors (Lipinski definition) is 0. The summed E-state index contributed by atoms with van der Waals surface area (Å²) in [6.45, 7) is 2.81. The van der Waals surface area contributed by atoms with E-state index in [0.717, 1.165) is 35.7 Å². The Bertz CT molecular complexity index is 539. The first-order chi connectivity index (χ1) is 8.63. The first-order valence-corrected chi connectivity index (χ1v) is 7.99. The number of fused-ring (bicyclic) bond motifs is 1. The van der Waals surface area contributed by atoms with Crippen molar-refractivity contribution in [2.45, 2.75) is 25.3 Å². The van der Waals surface area contributed by atoms with E-state index in [1.807, 2.05) is 24.8 Å². The Kier molecular flexibility index (Phi) is 4.76. The Morgan fingerprint density at radius 1 is 1.50 bits per heavy atom. The third kappa shape index (κ3) is 2.92. The number of rotatable bonds is 5. The van der Waals surface area contributed by atoms with Crippen molar-refractivity contribution in [3.8, 4) is 0 Å². The highest BCUT2D eigenvalue weighted by atomic mass is 35.5. The van der Waals surface area contributed by atoms with Crippen LogP contribution in [0.2, 0.25) is 5.02 Å². The lowest BCUT2D eigenvalue weighted by atomic mass is 10.4. The van der Waals surface area contributed by atoms with Gasteiger partial charge in [-0.05, 0) is 31.4 Å². The monoisotopic (exact) mass is 303 g/mol. The molecule has 98 valence electrons. The van der Waals surface area contributed by atoms with Crippen LogP contribution in [-0.2, 0) is 6.54 Å². The molecule has 0 bridgehead atoms. The minimum absolute atomic E-state index is 0.132. The minimum atomic E-state index is -0.132. The minimum Gasteiger partial charge on any atom is -0.311 e. The molecule has 0 fully saturated rings.